The molecule has 0 aliphatic heterocycles. The monoisotopic (exact) mass is 324 g/mol. The molecule has 0 N–H and O–H groups in total. The minimum absolute atomic E-state index is 0.142. The van der Waals surface area contributed by atoms with Crippen LogP contribution in [0.15, 0.2) is 4.79 Å². The van der Waals surface area contributed by atoms with E-state index in [4.69, 9.17) is 9.47 Å². The second-order valence-electron chi connectivity index (χ2n) is 4.36. The molecule has 7 heteroatoms. The molecule has 0 saturated carbocycles. The molecule has 0 saturated heterocycles. The maximum Gasteiger partial charge on any atom is 0.351 e. The van der Waals surface area contributed by atoms with E-state index in [1.807, 2.05) is 19.9 Å². The van der Waals surface area contributed by atoms with Gasteiger partial charge < -0.3 is 9.47 Å². The highest BCUT2D eigenvalue weighted by Gasteiger charge is 2.16. The summed E-state index contributed by atoms with van der Waals surface area (Å²) in [5.74, 6) is -0.709. The third kappa shape index (κ3) is 4.21. The molecular weight excluding hydrogens is 304 g/mol. The lowest BCUT2D eigenvalue weighted by molar-refractivity contribution is -0.136. The molecule has 0 amide bonds. The minimum Gasteiger partial charge on any atom is -0.500 e. The summed E-state index contributed by atoms with van der Waals surface area (Å²) >= 11 is 1.07. The molecule has 0 bridgehead atoms. The molecule has 1 heterocycles. The van der Waals surface area contributed by atoms with Gasteiger partial charge in [0, 0.05) is 6.54 Å². The third-order valence-electron chi connectivity index (χ3n) is 2.81. The molecule has 1 rings (SSSR count). The standard InChI is InChI=1S/C15H20N2O4S/c1-4-7-8-17-13(18)12(10-20-5-2)22-14(17)11(9-16)15(19)21-6-3/h10H,4-8H2,1-3H3/b12-10+,14-11-. The summed E-state index contributed by atoms with van der Waals surface area (Å²) < 4.78 is 12.2. The molecule has 0 unspecified atom stereocenters. The molecule has 0 fully saturated rings. The summed E-state index contributed by atoms with van der Waals surface area (Å²) in [6, 6.07) is 1.85. The Morgan fingerprint density at radius 3 is 2.64 bits per heavy atom. The highest BCUT2D eigenvalue weighted by Crippen LogP contribution is 1.98. The fraction of sp³-hybridized carbons (Fsp3) is 0.533. The number of rotatable bonds is 7. The number of nitriles is 1. The number of aromatic nitrogens is 1. The molecule has 6 nitrogen and oxygen atoms in total. The van der Waals surface area contributed by atoms with Crippen LogP contribution < -0.4 is 14.8 Å². The summed E-state index contributed by atoms with van der Waals surface area (Å²) in [6.07, 6.45) is 3.05. The van der Waals surface area contributed by atoms with Gasteiger partial charge in [-0.3, -0.25) is 9.36 Å². The quantitative estimate of drug-likeness (QED) is 0.690. The van der Waals surface area contributed by atoms with E-state index in [-0.39, 0.29) is 17.7 Å². The highest BCUT2D eigenvalue weighted by molar-refractivity contribution is 7.07. The molecule has 0 spiro atoms. The average molecular weight is 324 g/mol. The average Bonchev–Trinajstić information content (AvgIpc) is 2.80. The van der Waals surface area contributed by atoms with Gasteiger partial charge in [-0.1, -0.05) is 13.3 Å². The summed E-state index contributed by atoms with van der Waals surface area (Å²) in [7, 11) is 0. The van der Waals surface area contributed by atoms with Crippen molar-refractivity contribution in [3.05, 3.63) is 19.5 Å². The Balaban J connectivity index is 3.59. The number of hydrogen-bond acceptors (Lipinski definition) is 6. The van der Waals surface area contributed by atoms with Crippen LogP contribution in [0.2, 0.25) is 0 Å². The van der Waals surface area contributed by atoms with Gasteiger partial charge in [0.05, 0.1) is 13.2 Å². The normalized spacial score (nSPS) is 12.7. The SMILES string of the molecule is CCCCn1c(=O)/c(=C\OCC)s/c1=C(/C#N)C(=O)OCC. The van der Waals surface area contributed by atoms with Crippen LogP contribution in [0.5, 0.6) is 0 Å². The van der Waals surface area contributed by atoms with Crippen molar-refractivity contribution in [3.8, 4) is 6.07 Å². The van der Waals surface area contributed by atoms with Gasteiger partial charge in [-0.25, -0.2) is 4.79 Å². The summed E-state index contributed by atoms with van der Waals surface area (Å²) in [5.41, 5.74) is -0.393. The van der Waals surface area contributed by atoms with Gasteiger partial charge in [0.25, 0.3) is 5.56 Å². The van der Waals surface area contributed by atoms with Crippen molar-refractivity contribution in [2.45, 2.75) is 40.2 Å². The van der Waals surface area contributed by atoms with E-state index < -0.39 is 5.97 Å². The Morgan fingerprint density at radius 2 is 2.09 bits per heavy atom. The Hall–Kier alpha value is -2.07. The molecule has 1 aromatic rings. The van der Waals surface area contributed by atoms with Crippen molar-refractivity contribution in [2.24, 2.45) is 0 Å². The molecule has 0 radical (unpaired) electrons. The third-order valence-corrected chi connectivity index (χ3v) is 3.91. The lowest BCUT2D eigenvalue weighted by Gasteiger charge is -2.02. The zero-order valence-electron chi connectivity index (χ0n) is 13.0. The molecule has 0 atom stereocenters. The van der Waals surface area contributed by atoms with E-state index in [9.17, 15) is 14.9 Å². The van der Waals surface area contributed by atoms with Crippen LogP contribution in [0, 0.1) is 11.3 Å². The molecule has 120 valence electrons. The number of nitrogens with zero attached hydrogens (tertiary/aromatic N) is 2. The second-order valence-corrected chi connectivity index (χ2v) is 5.39. The zero-order chi connectivity index (χ0) is 16.5. The first-order valence-electron chi connectivity index (χ1n) is 7.23. The van der Waals surface area contributed by atoms with Crippen LogP contribution in [-0.2, 0) is 20.8 Å². The number of carbonyl (C=O) groups is 1. The number of carbonyl (C=O) groups excluding carboxylic acids is 1. The van der Waals surface area contributed by atoms with Crippen molar-refractivity contribution in [2.75, 3.05) is 13.2 Å². The van der Waals surface area contributed by atoms with Gasteiger partial charge in [0.1, 0.15) is 21.5 Å². The van der Waals surface area contributed by atoms with Crippen molar-refractivity contribution >= 4 is 29.1 Å². The number of ether oxygens (including phenoxy) is 2. The fourth-order valence-electron chi connectivity index (χ4n) is 1.75. The lowest BCUT2D eigenvalue weighted by atomic mass is 10.3. The van der Waals surface area contributed by atoms with Gasteiger partial charge in [0.2, 0.25) is 0 Å². The predicted octanol–water partition coefficient (Wildman–Crippen LogP) is 0.722. The molecule has 0 aliphatic carbocycles. The number of esters is 1. The number of thiazole rings is 1. The van der Waals surface area contributed by atoms with Crippen LogP contribution in [0.4, 0.5) is 0 Å². The summed E-state index contributed by atoms with van der Waals surface area (Å²) in [6.45, 7) is 6.54. The van der Waals surface area contributed by atoms with Gasteiger partial charge >= 0.3 is 5.97 Å². The Bertz CT molecular complexity index is 724. The van der Waals surface area contributed by atoms with Gasteiger partial charge in [-0.2, -0.15) is 5.26 Å². The Morgan fingerprint density at radius 1 is 1.36 bits per heavy atom. The first kappa shape index (κ1) is 18.0. The van der Waals surface area contributed by atoms with Crippen LogP contribution in [0.3, 0.4) is 0 Å². The van der Waals surface area contributed by atoms with E-state index in [1.165, 1.54) is 10.8 Å². The maximum atomic E-state index is 12.4. The van der Waals surface area contributed by atoms with Crippen LogP contribution >= 0.6 is 11.3 Å². The molecule has 0 aromatic carbocycles. The predicted molar refractivity (Wildman–Crippen MR) is 84.5 cm³/mol. The minimum atomic E-state index is -0.709. The van der Waals surface area contributed by atoms with Crippen molar-refractivity contribution in [1.29, 1.82) is 5.26 Å². The van der Waals surface area contributed by atoms with E-state index in [0.717, 1.165) is 24.2 Å². The number of hydrogen-bond donors (Lipinski definition) is 0. The van der Waals surface area contributed by atoms with Crippen molar-refractivity contribution in [1.82, 2.24) is 4.57 Å². The smallest absolute Gasteiger partial charge is 0.351 e. The van der Waals surface area contributed by atoms with Gasteiger partial charge in [-0.05, 0) is 20.3 Å². The molecule has 1 aromatic heterocycles. The lowest BCUT2D eigenvalue weighted by Crippen LogP contribution is -2.33. The van der Waals surface area contributed by atoms with E-state index >= 15 is 0 Å². The molecule has 22 heavy (non-hydrogen) atoms. The van der Waals surface area contributed by atoms with E-state index in [0.29, 0.717) is 22.3 Å². The first-order valence-corrected chi connectivity index (χ1v) is 8.05. The first-order chi connectivity index (χ1) is 10.6. The Labute approximate surface area is 132 Å². The number of unbranched alkanes of at least 4 members (excludes halogenated alkanes) is 1. The summed E-state index contributed by atoms with van der Waals surface area (Å²) in [4.78, 5) is 24.3. The van der Waals surface area contributed by atoms with Crippen LogP contribution in [0.1, 0.15) is 33.6 Å². The van der Waals surface area contributed by atoms with Crippen molar-refractivity contribution < 1.29 is 14.3 Å². The largest absolute Gasteiger partial charge is 0.500 e. The Kier molecular flexibility index (Phi) is 7.40. The van der Waals surface area contributed by atoms with Gasteiger partial charge in [-0.15, -0.1) is 11.3 Å². The topological polar surface area (TPSA) is 81.3 Å². The molecular formula is C15H20N2O4S. The molecule has 0 aliphatic rings. The highest BCUT2D eigenvalue weighted by atomic mass is 32.1. The maximum absolute atomic E-state index is 12.4. The zero-order valence-corrected chi connectivity index (χ0v) is 13.9. The van der Waals surface area contributed by atoms with E-state index in [1.54, 1.807) is 6.92 Å². The second kappa shape index (κ2) is 9.05. The van der Waals surface area contributed by atoms with Crippen LogP contribution in [0.25, 0.3) is 11.8 Å². The fourth-order valence-corrected chi connectivity index (χ4v) is 2.79. The van der Waals surface area contributed by atoms with Gasteiger partial charge in [0.15, 0.2) is 5.57 Å². The van der Waals surface area contributed by atoms with Crippen molar-refractivity contribution in [3.63, 3.8) is 0 Å². The van der Waals surface area contributed by atoms with Crippen LogP contribution in [-0.4, -0.2) is 23.8 Å². The summed E-state index contributed by atoms with van der Waals surface area (Å²) in [5, 5.41) is 9.26. The van der Waals surface area contributed by atoms with E-state index in [2.05, 4.69) is 0 Å².